The monoisotopic (exact) mass is 303 g/mol. The van der Waals surface area contributed by atoms with E-state index in [1.165, 1.54) is 24.3 Å². The molecule has 0 spiro atoms. The average Bonchev–Trinajstić information content (AvgIpc) is 2.41. The number of carboxylic acid groups (broad SMARTS) is 1. The highest BCUT2D eigenvalue weighted by molar-refractivity contribution is 5.96. The van der Waals surface area contributed by atoms with Gasteiger partial charge in [-0.15, -0.1) is 0 Å². The van der Waals surface area contributed by atoms with Crippen LogP contribution < -0.4 is 5.32 Å². The van der Waals surface area contributed by atoms with Crippen molar-refractivity contribution in [3.05, 3.63) is 35.4 Å². The van der Waals surface area contributed by atoms with Crippen molar-refractivity contribution in [3.63, 3.8) is 0 Å². The highest BCUT2D eigenvalue weighted by atomic mass is 19.4. The van der Waals surface area contributed by atoms with E-state index in [-0.39, 0.29) is 18.4 Å². The quantitative estimate of drug-likeness (QED) is 0.849. The van der Waals surface area contributed by atoms with Crippen LogP contribution in [0.3, 0.4) is 0 Å². The molecule has 4 nitrogen and oxygen atoms in total. The number of alkyl halides is 3. The lowest BCUT2D eigenvalue weighted by Crippen LogP contribution is -2.40. The van der Waals surface area contributed by atoms with E-state index in [0.29, 0.717) is 5.56 Å². The van der Waals surface area contributed by atoms with Crippen molar-refractivity contribution in [2.24, 2.45) is 0 Å². The number of carboxylic acids is 1. The number of halogens is 3. The maximum atomic E-state index is 12.1. The number of benzene rings is 1. The first-order valence-corrected chi connectivity index (χ1v) is 6.42. The minimum Gasteiger partial charge on any atom is -0.480 e. The summed E-state index contributed by atoms with van der Waals surface area (Å²) in [7, 11) is 0. The summed E-state index contributed by atoms with van der Waals surface area (Å²) >= 11 is 0. The molecule has 2 N–H and O–H groups in total. The largest absolute Gasteiger partial charge is 0.480 e. The van der Waals surface area contributed by atoms with Gasteiger partial charge in [0, 0.05) is 12.0 Å². The third kappa shape index (κ3) is 5.85. The van der Waals surface area contributed by atoms with Crippen LogP contribution in [0.5, 0.6) is 0 Å². The molecule has 0 aromatic heterocycles. The fourth-order valence-electron chi connectivity index (χ4n) is 1.69. The maximum absolute atomic E-state index is 12.1. The molecule has 1 unspecified atom stereocenters. The van der Waals surface area contributed by atoms with Gasteiger partial charge in [0.1, 0.15) is 6.04 Å². The van der Waals surface area contributed by atoms with Crippen molar-refractivity contribution in [1.82, 2.24) is 5.32 Å². The Balaban J connectivity index is 2.65. The number of aliphatic carboxylic acids is 1. The van der Waals surface area contributed by atoms with Gasteiger partial charge in [-0.05, 0) is 30.5 Å². The maximum Gasteiger partial charge on any atom is 0.389 e. The lowest BCUT2D eigenvalue weighted by atomic mass is 10.1. The average molecular weight is 303 g/mol. The number of aryl methyl sites for hydroxylation is 1. The summed E-state index contributed by atoms with van der Waals surface area (Å²) in [6.07, 6.45) is -5.05. The lowest BCUT2D eigenvalue weighted by Gasteiger charge is -2.12. The SMILES string of the molecule is CCC(NC(=O)c1ccc(CCC(F)(F)F)cc1)C(=O)O. The summed E-state index contributed by atoms with van der Waals surface area (Å²) in [5, 5.41) is 11.2. The molecule has 0 fully saturated rings. The van der Waals surface area contributed by atoms with Crippen LogP contribution in [0.15, 0.2) is 24.3 Å². The molecule has 0 heterocycles. The van der Waals surface area contributed by atoms with Crippen molar-refractivity contribution in [2.45, 2.75) is 38.4 Å². The van der Waals surface area contributed by atoms with Gasteiger partial charge < -0.3 is 10.4 Å². The minimum atomic E-state index is -4.22. The van der Waals surface area contributed by atoms with Crippen LogP contribution in [0, 0.1) is 0 Å². The second kappa shape index (κ2) is 7.10. The second-order valence-corrected chi connectivity index (χ2v) is 4.58. The zero-order valence-corrected chi connectivity index (χ0v) is 11.4. The van der Waals surface area contributed by atoms with E-state index < -0.39 is 30.5 Å². The Kier molecular flexibility index (Phi) is 5.75. The molecule has 0 aliphatic rings. The van der Waals surface area contributed by atoms with Crippen LogP contribution in [0.25, 0.3) is 0 Å². The third-order valence-corrected chi connectivity index (χ3v) is 2.92. The molecular formula is C14H16F3NO3. The fraction of sp³-hybridized carbons (Fsp3) is 0.429. The predicted molar refractivity (Wildman–Crippen MR) is 70.0 cm³/mol. The topological polar surface area (TPSA) is 66.4 Å². The summed E-state index contributed by atoms with van der Waals surface area (Å²) in [6.45, 7) is 1.62. The smallest absolute Gasteiger partial charge is 0.389 e. The minimum absolute atomic E-state index is 0.155. The Morgan fingerprint density at radius 2 is 1.81 bits per heavy atom. The van der Waals surface area contributed by atoms with Crippen molar-refractivity contribution in [1.29, 1.82) is 0 Å². The van der Waals surface area contributed by atoms with Crippen molar-refractivity contribution in [3.8, 4) is 0 Å². The molecule has 1 aromatic rings. The number of amides is 1. The molecule has 1 aromatic carbocycles. The Hall–Kier alpha value is -2.05. The molecule has 0 aliphatic carbocycles. The summed E-state index contributed by atoms with van der Waals surface area (Å²) in [6, 6.07) is 4.65. The van der Waals surface area contributed by atoms with E-state index in [0.717, 1.165) is 0 Å². The molecule has 116 valence electrons. The highest BCUT2D eigenvalue weighted by Gasteiger charge is 2.26. The van der Waals surface area contributed by atoms with Gasteiger partial charge in [0.2, 0.25) is 0 Å². The van der Waals surface area contributed by atoms with Crippen LogP contribution in [-0.2, 0) is 11.2 Å². The molecule has 0 bridgehead atoms. The number of carbonyl (C=O) groups excluding carboxylic acids is 1. The number of carbonyl (C=O) groups is 2. The summed E-state index contributed by atoms with van der Waals surface area (Å²) in [5.74, 6) is -1.70. The van der Waals surface area contributed by atoms with Gasteiger partial charge in [-0.1, -0.05) is 19.1 Å². The Bertz CT molecular complexity index is 497. The van der Waals surface area contributed by atoms with Gasteiger partial charge in [-0.3, -0.25) is 4.79 Å². The van der Waals surface area contributed by atoms with E-state index in [2.05, 4.69) is 5.32 Å². The van der Waals surface area contributed by atoms with Crippen LogP contribution in [-0.4, -0.2) is 29.2 Å². The van der Waals surface area contributed by atoms with Crippen LogP contribution in [0.2, 0.25) is 0 Å². The lowest BCUT2D eigenvalue weighted by molar-refractivity contribution is -0.139. The molecule has 1 rings (SSSR count). The molecule has 1 atom stereocenters. The molecule has 0 radical (unpaired) electrons. The first-order valence-electron chi connectivity index (χ1n) is 6.42. The summed E-state index contributed by atoms with van der Waals surface area (Å²) in [4.78, 5) is 22.6. The number of rotatable bonds is 6. The van der Waals surface area contributed by atoms with Crippen LogP contribution in [0.4, 0.5) is 13.2 Å². The van der Waals surface area contributed by atoms with Gasteiger partial charge in [0.15, 0.2) is 0 Å². The zero-order chi connectivity index (χ0) is 16.0. The van der Waals surface area contributed by atoms with E-state index in [9.17, 15) is 22.8 Å². The van der Waals surface area contributed by atoms with Crippen LogP contribution >= 0.6 is 0 Å². The third-order valence-electron chi connectivity index (χ3n) is 2.92. The van der Waals surface area contributed by atoms with Crippen molar-refractivity contribution < 1.29 is 27.9 Å². The number of hydrogen-bond acceptors (Lipinski definition) is 2. The van der Waals surface area contributed by atoms with E-state index in [1.54, 1.807) is 6.92 Å². The van der Waals surface area contributed by atoms with Crippen molar-refractivity contribution >= 4 is 11.9 Å². The summed E-state index contributed by atoms with van der Waals surface area (Å²) in [5.41, 5.74) is 0.680. The zero-order valence-electron chi connectivity index (χ0n) is 11.4. The molecular weight excluding hydrogens is 287 g/mol. The fourth-order valence-corrected chi connectivity index (χ4v) is 1.69. The van der Waals surface area contributed by atoms with E-state index in [4.69, 9.17) is 5.11 Å². The van der Waals surface area contributed by atoms with Crippen molar-refractivity contribution in [2.75, 3.05) is 0 Å². The first-order chi connectivity index (χ1) is 9.73. The van der Waals surface area contributed by atoms with E-state index >= 15 is 0 Å². The standard InChI is InChI=1S/C14H16F3NO3/c1-2-11(13(20)21)18-12(19)10-5-3-9(4-6-10)7-8-14(15,16)17/h3-6,11H,2,7-8H2,1H3,(H,18,19)(H,20,21). The van der Waals surface area contributed by atoms with Gasteiger partial charge in [-0.25, -0.2) is 4.79 Å². The molecule has 1 amide bonds. The molecule has 0 saturated heterocycles. The summed E-state index contributed by atoms with van der Waals surface area (Å²) < 4.78 is 36.3. The normalized spacial score (nSPS) is 12.8. The van der Waals surface area contributed by atoms with E-state index in [1.807, 2.05) is 0 Å². The van der Waals surface area contributed by atoms with Gasteiger partial charge in [0.05, 0.1) is 0 Å². The Labute approximate surface area is 120 Å². The molecule has 0 aliphatic heterocycles. The second-order valence-electron chi connectivity index (χ2n) is 4.58. The Morgan fingerprint density at radius 1 is 1.24 bits per heavy atom. The molecule has 7 heteroatoms. The number of hydrogen-bond donors (Lipinski definition) is 2. The van der Waals surface area contributed by atoms with Gasteiger partial charge >= 0.3 is 12.1 Å². The first kappa shape index (κ1) is 17.0. The number of nitrogens with one attached hydrogen (secondary N) is 1. The van der Waals surface area contributed by atoms with Gasteiger partial charge in [-0.2, -0.15) is 13.2 Å². The van der Waals surface area contributed by atoms with Crippen LogP contribution in [0.1, 0.15) is 35.7 Å². The predicted octanol–water partition coefficient (Wildman–Crippen LogP) is 2.77. The highest BCUT2D eigenvalue weighted by Crippen LogP contribution is 2.22. The molecule has 0 saturated carbocycles. The van der Waals surface area contributed by atoms with Gasteiger partial charge in [0.25, 0.3) is 5.91 Å². The molecule has 21 heavy (non-hydrogen) atoms. The Morgan fingerprint density at radius 3 is 2.24 bits per heavy atom.